The maximum Gasteiger partial charge on any atom is 0.310 e. The van der Waals surface area contributed by atoms with Gasteiger partial charge in [0.05, 0.1) is 18.4 Å². The monoisotopic (exact) mass is 256 g/mol. The normalized spacial score (nSPS) is 19.3. The summed E-state index contributed by atoms with van der Waals surface area (Å²) in [5.41, 5.74) is 5.39. The van der Waals surface area contributed by atoms with Crippen LogP contribution in [0.25, 0.3) is 0 Å². The lowest BCUT2D eigenvalue weighted by Crippen LogP contribution is -2.46. The molecule has 1 atom stereocenters. The third-order valence-electron chi connectivity index (χ3n) is 3.90. The Morgan fingerprint density at radius 2 is 1.94 bits per heavy atom. The van der Waals surface area contributed by atoms with E-state index in [9.17, 15) is 9.59 Å². The third-order valence-corrected chi connectivity index (χ3v) is 3.90. The van der Waals surface area contributed by atoms with Crippen LogP contribution in [0.5, 0.6) is 0 Å². The molecule has 1 aliphatic carbocycles. The van der Waals surface area contributed by atoms with Crippen LogP contribution in [0, 0.1) is 11.3 Å². The van der Waals surface area contributed by atoms with E-state index in [1.807, 2.05) is 0 Å². The van der Waals surface area contributed by atoms with Crippen molar-refractivity contribution in [1.29, 1.82) is 0 Å². The van der Waals surface area contributed by atoms with Crippen LogP contribution in [0.4, 0.5) is 0 Å². The molecular weight excluding hydrogens is 232 g/mol. The summed E-state index contributed by atoms with van der Waals surface area (Å²) >= 11 is 0. The van der Waals surface area contributed by atoms with E-state index >= 15 is 0 Å². The van der Waals surface area contributed by atoms with Gasteiger partial charge in [-0.1, -0.05) is 19.8 Å². The highest BCUT2D eigenvalue weighted by Gasteiger charge is 2.41. The summed E-state index contributed by atoms with van der Waals surface area (Å²) in [6, 6.07) is 0. The minimum absolute atomic E-state index is 0.0678. The molecule has 104 valence electrons. The van der Waals surface area contributed by atoms with Crippen molar-refractivity contribution in [1.82, 2.24) is 4.90 Å². The topological polar surface area (TPSA) is 72.6 Å². The minimum atomic E-state index is -0.398. The van der Waals surface area contributed by atoms with Gasteiger partial charge in [-0.2, -0.15) is 0 Å². The molecule has 0 bridgehead atoms. The Hall–Kier alpha value is -1.10. The summed E-state index contributed by atoms with van der Waals surface area (Å²) in [7, 11) is 3.09. The van der Waals surface area contributed by atoms with Gasteiger partial charge in [0.15, 0.2) is 0 Å². The SMILES string of the molecule is COC(=O)C(C)CN(C)C(=O)C1(CN)CCCC1. The highest BCUT2D eigenvalue weighted by atomic mass is 16.5. The number of ether oxygens (including phenoxy) is 1. The van der Waals surface area contributed by atoms with Gasteiger partial charge in [-0.05, 0) is 12.8 Å². The molecule has 0 radical (unpaired) electrons. The van der Waals surface area contributed by atoms with Crippen molar-refractivity contribution in [2.75, 3.05) is 27.2 Å². The molecule has 2 N–H and O–H groups in total. The number of nitrogens with zero attached hydrogens (tertiary/aromatic N) is 1. The number of hydrogen-bond donors (Lipinski definition) is 1. The number of carbonyl (C=O) groups excluding carboxylic acids is 2. The molecule has 1 fully saturated rings. The second kappa shape index (κ2) is 6.18. The van der Waals surface area contributed by atoms with Crippen LogP contribution < -0.4 is 5.73 Å². The predicted octanol–water partition coefficient (Wildman–Crippen LogP) is 0.773. The van der Waals surface area contributed by atoms with Crippen LogP contribution in [0.15, 0.2) is 0 Å². The van der Waals surface area contributed by atoms with E-state index in [-0.39, 0.29) is 17.8 Å². The number of amides is 1. The van der Waals surface area contributed by atoms with Crippen molar-refractivity contribution in [2.45, 2.75) is 32.6 Å². The summed E-state index contributed by atoms with van der Waals surface area (Å²) in [4.78, 5) is 25.4. The predicted molar refractivity (Wildman–Crippen MR) is 68.8 cm³/mol. The third kappa shape index (κ3) is 3.02. The Kier molecular flexibility index (Phi) is 5.14. The fraction of sp³-hybridized carbons (Fsp3) is 0.846. The van der Waals surface area contributed by atoms with Gasteiger partial charge in [-0.15, -0.1) is 0 Å². The van der Waals surface area contributed by atoms with E-state index < -0.39 is 5.41 Å². The number of nitrogens with two attached hydrogens (primary N) is 1. The zero-order chi connectivity index (χ0) is 13.8. The fourth-order valence-corrected chi connectivity index (χ4v) is 2.73. The maximum atomic E-state index is 12.4. The number of esters is 1. The molecule has 1 unspecified atom stereocenters. The van der Waals surface area contributed by atoms with Gasteiger partial charge in [0, 0.05) is 20.1 Å². The summed E-state index contributed by atoms with van der Waals surface area (Å²) in [6.07, 6.45) is 3.84. The molecule has 0 aromatic carbocycles. The molecule has 0 saturated heterocycles. The first-order valence-corrected chi connectivity index (χ1v) is 6.50. The largest absolute Gasteiger partial charge is 0.469 e. The van der Waals surface area contributed by atoms with Crippen molar-refractivity contribution in [2.24, 2.45) is 17.1 Å². The Bertz CT molecular complexity index is 311. The first-order chi connectivity index (χ1) is 8.46. The van der Waals surface area contributed by atoms with Crippen molar-refractivity contribution < 1.29 is 14.3 Å². The van der Waals surface area contributed by atoms with E-state index in [0.29, 0.717) is 13.1 Å². The smallest absolute Gasteiger partial charge is 0.310 e. The van der Waals surface area contributed by atoms with Gasteiger partial charge in [0.2, 0.25) is 5.91 Å². The summed E-state index contributed by atoms with van der Waals surface area (Å²) < 4.78 is 4.67. The molecule has 0 spiro atoms. The Labute approximate surface area is 109 Å². The summed E-state index contributed by atoms with van der Waals surface area (Å²) in [6.45, 7) is 2.54. The molecule has 0 aromatic heterocycles. The van der Waals surface area contributed by atoms with Gasteiger partial charge in [-0.3, -0.25) is 9.59 Å². The van der Waals surface area contributed by atoms with Gasteiger partial charge in [-0.25, -0.2) is 0 Å². The van der Waals surface area contributed by atoms with Crippen LogP contribution >= 0.6 is 0 Å². The first-order valence-electron chi connectivity index (χ1n) is 6.50. The Morgan fingerprint density at radius 3 is 2.39 bits per heavy atom. The first kappa shape index (κ1) is 15.0. The Morgan fingerprint density at radius 1 is 1.39 bits per heavy atom. The molecule has 1 amide bonds. The molecule has 1 aliphatic rings. The maximum absolute atomic E-state index is 12.4. The molecule has 1 saturated carbocycles. The number of methoxy groups -OCH3 is 1. The highest BCUT2D eigenvalue weighted by Crippen LogP contribution is 2.38. The lowest BCUT2D eigenvalue weighted by molar-refractivity contribution is -0.147. The van der Waals surface area contributed by atoms with Crippen LogP contribution in [-0.4, -0.2) is 44.0 Å². The molecule has 5 heteroatoms. The molecular formula is C13H24N2O3. The Balaban J connectivity index is 2.63. The van der Waals surface area contributed by atoms with Crippen molar-refractivity contribution in [3.05, 3.63) is 0 Å². The summed E-state index contributed by atoms with van der Waals surface area (Å²) in [5.74, 6) is -0.527. The van der Waals surface area contributed by atoms with Gasteiger partial charge < -0.3 is 15.4 Å². The molecule has 1 rings (SSSR count). The van der Waals surface area contributed by atoms with E-state index in [0.717, 1.165) is 25.7 Å². The quantitative estimate of drug-likeness (QED) is 0.738. The van der Waals surface area contributed by atoms with Crippen LogP contribution in [-0.2, 0) is 14.3 Å². The van der Waals surface area contributed by atoms with E-state index in [1.165, 1.54) is 7.11 Å². The van der Waals surface area contributed by atoms with Crippen LogP contribution in [0.2, 0.25) is 0 Å². The average Bonchev–Trinajstić information content (AvgIpc) is 2.86. The number of carbonyl (C=O) groups is 2. The zero-order valence-corrected chi connectivity index (χ0v) is 11.6. The second-order valence-corrected chi connectivity index (χ2v) is 5.30. The fourth-order valence-electron chi connectivity index (χ4n) is 2.73. The van der Waals surface area contributed by atoms with Crippen molar-refractivity contribution >= 4 is 11.9 Å². The van der Waals surface area contributed by atoms with E-state index in [2.05, 4.69) is 4.74 Å². The summed E-state index contributed by atoms with van der Waals surface area (Å²) in [5, 5.41) is 0. The minimum Gasteiger partial charge on any atom is -0.469 e. The van der Waals surface area contributed by atoms with Crippen molar-refractivity contribution in [3.63, 3.8) is 0 Å². The average molecular weight is 256 g/mol. The van der Waals surface area contributed by atoms with E-state index in [4.69, 9.17) is 5.73 Å². The molecule has 0 heterocycles. The zero-order valence-electron chi connectivity index (χ0n) is 11.6. The molecule has 0 aliphatic heterocycles. The van der Waals surface area contributed by atoms with Gasteiger partial charge >= 0.3 is 5.97 Å². The highest BCUT2D eigenvalue weighted by molar-refractivity contribution is 5.83. The van der Waals surface area contributed by atoms with Gasteiger partial charge in [0.1, 0.15) is 0 Å². The molecule has 5 nitrogen and oxygen atoms in total. The molecule has 18 heavy (non-hydrogen) atoms. The van der Waals surface area contributed by atoms with Crippen LogP contribution in [0.1, 0.15) is 32.6 Å². The number of hydrogen-bond acceptors (Lipinski definition) is 4. The lowest BCUT2D eigenvalue weighted by atomic mass is 9.84. The lowest BCUT2D eigenvalue weighted by Gasteiger charge is -2.32. The van der Waals surface area contributed by atoms with E-state index in [1.54, 1.807) is 18.9 Å². The molecule has 0 aromatic rings. The number of rotatable bonds is 5. The standard InChI is InChI=1S/C13H24N2O3/c1-10(11(16)18-3)8-15(2)12(17)13(9-14)6-4-5-7-13/h10H,4-9,14H2,1-3H3. The van der Waals surface area contributed by atoms with Crippen molar-refractivity contribution in [3.8, 4) is 0 Å². The second-order valence-electron chi connectivity index (χ2n) is 5.30. The van der Waals surface area contributed by atoms with Gasteiger partial charge in [0.25, 0.3) is 0 Å². The van der Waals surface area contributed by atoms with Crippen LogP contribution in [0.3, 0.4) is 0 Å².